The largest absolute Gasteiger partial charge is 0.348 e. The number of hydrogen-bond donors (Lipinski definition) is 3. The Hall–Kier alpha value is -1.69. The van der Waals surface area contributed by atoms with Crippen molar-refractivity contribution in [3.63, 3.8) is 0 Å². The molecule has 20 heavy (non-hydrogen) atoms. The number of aromatic amines is 1. The number of carbonyl (C=O) groups is 1. The topological polar surface area (TPSA) is 86.9 Å². The highest BCUT2D eigenvalue weighted by molar-refractivity contribution is 5.95. The first-order valence-electron chi connectivity index (χ1n) is 6.92. The lowest BCUT2D eigenvalue weighted by molar-refractivity contribution is 0.0937. The molecule has 2 heterocycles. The van der Waals surface area contributed by atoms with Crippen LogP contribution in [0, 0.1) is 6.92 Å². The molecule has 6 nitrogen and oxygen atoms in total. The fourth-order valence-electron chi connectivity index (χ4n) is 2.24. The summed E-state index contributed by atoms with van der Waals surface area (Å²) in [5, 5.41) is 6.04. The molecule has 1 amide bonds. The normalized spacial score (nSPS) is 19.1. The van der Waals surface area contributed by atoms with E-state index in [1.54, 1.807) is 6.92 Å². The van der Waals surface area contributed by atoms with Crippen molar-refractivity contribution in [2.24, 2.45) is 0 Å². The van der Waals surface area contributed by atoms with Gasteiger partial charge in [0.25, 0.3) is 11.5 Å². The smallest absolute Gasteiger partial charge is 0.264 e. The Kier molecular flexibility index (Phi) is 3.94. The second-order valence-corrected chi connectivity index (χ2v) is 6.29. The molecule has 3 N–H and O–H groups in total. The lowest BCUT2D eigenvalue weighted by Crippen LogP contribution is -2.40. The first-order chi connectivity index (χ1) is 9.29. The number of aromatic nitrogens is 2. The molecule has 0 bridgehead atoms. The Morgan fingerprint density at radius 3 is 2.60 bits per heavy atom. The minimum Gasteiger partial charge on any atom is -0.348 e. The average molecular weight is 278 g/mol. The number of hydrogen-bond acceptors (Lipinski definition) is 4. The number of carbonyl (C=O) groups excluding carboxylic acids is 1. The highest BCUT2D eigenvalue weighted by Gasteiger charge is 2.24. The van der Waals surface area contributed by atoms with E-state index >= 15 is 0 Å². The van der Waals surface area contributed by atoms with Gasteiger partial charge in [-0.1, -0.05) is 20.8 Å². The molecule has 0 aliphatic carbocycles. The van der Waals surface area contributed by atoms with Crippen molar-refractivity contribution in [2.75, 3.05) is 13.1 Å². The molecule has 0 aromatic carbocycles. The molecule has 6 heteroatoms. The van der Waals surface area contributed by atoms with Crippen LogP contribution in [0.15, 0.2) is 4.79 Å². The molecule has 1 fully saturated rings. The van der Waals surface area contributed by atoms with E-state index in [0.717, 1.165) is 19.5 Å². The van der Waals surface area contributed by atoms with Crippen LogP contribution < -0.4 is 16.2 Å². The van der Waals surface area contributed by atoms with E-state index in [9.17, 15) is 9.59 Å². The van der Waals surface area contributed by atoms with Crippen LogP contribution in [0.2, 0.25) is 0 Å². The molecule has 0 saturated carbocycles. The third-order valence-corrected chi connectivity index (χ3v) is 3.43. The molecule has 2 rings (SSSR count). The summed E-state index contributed by atoms with van der Waals surface area (Å²) < 4.78 is 0. The van der Waals surface area contributed by atoms with Crippen LogP contribution >= 0.6 is 0 Å². The van der Waals surface area contributed by atoms with Crippen LogP contribution in [0.4, 0.5) is 0 Å². The van der Waals surface area contributed by atoms with Gasteiger partial charge in [-0.15, -0.1) is 0 Å². The first-order valence-corrected chi connectivity index (χ1v) is 6.92. The van der Waals surface area contributed by atoms with Gasteiger partial charge < -0.3 is 15.6 Å². The second kappa shape index (κ2) is 5.36. The van der Waals surface area contributed by atoms with Crippen LogP contribution in [0.3, 0.4) is 0 Å². The maximum absolute atomic E-state index is 12.2. The zero-order valence-electron chi connectivity index (χ0n) is 12.5. The lowest BCUT2D eigenvalue weighted by Gasteiger charge is -2.18. The average Bonchev–Trinajstić information content (AvgIpc) is 2.79. The van der Waals surface area contributed by atoms with Crippen molar-refractivity contribution >= 4 is 5.91 Å². The molecule has 0 spiro atoms. The number of aryl methyl sites for hydroxylation is 1. The zero-order valence-corrected chi connectivity index (χ0v) is 12.5. The predicted molar refractivity (Wildman–Crippen MR) is 77.0 cm³/mol. The van der Waals surface area contributed by atoms with Gasteiger partial charge in [0.05, 0.1) is 5.69 Å². The maximum Gasteiger partial charge on any atom is 0.264 e. The third-order valence-electron chi connectivity index (χ3n) is 3.43. The summed E-state index contributed by atoms with van der Waals surface area (Å²) in [5.41, 5.74) is -0.0354. The fraction of sp³-hybridized carbons (Fsp3) is 0.643. The predicted octanol–water partition coefficient (Wildman–Crippen LogP) is 0.468. The van der Waals surface area contributed by atoms with Crippen molar-refractivity contribution in [3.05, 3.63) is 27.4 Å². The monoisotopic (exact) mass is 278 g/mol. The van der Waals surface area contributed by atoms with Gasteiger partial charge in [-0.25, -0.2) is 4.98 Å². The zero-order chi connectivity index (χ0) is 14.9. The van der Waals surface area contributed by atoms with E-state index in [4.69, 9.17) is 0 Å². The summed E-state index contributed by atoms with van der Waals surface area (Å²) in [6.45, 7) is 9.24. The van der Waals surface area contributed by atoms with E-state index in [0.29, 0.717) is 11.5 Å². The number of amides is 1. The minimum atomic E-state index is -0.370. The second-order valence-electron chi connectivity index (χ2n) is 6.29. The minimum absolute atomic E-state index is 0.0867. The third kappa shape index (κ3) is 3.07. The molecule has 1 aliphatic rings. The van der Waals surface area contributed by atoms with Crippen LogP contribution in [0.25, 0.3) is 0 Å². The Labute approximate surface area is 118 Å². The van der Waals surface area contributed by atoms with E-state index < -0.39 is 0 Å². The summed E-state index contributed by atoms with van der Waals surface area (Å²) in [6, 6.07) is 0.0867. The van der Waals surface area contributed by atoms with E-state index in [1.165, 1.54) is 0 Å². The Bertz CT molecular complexity index is 566. The molecule has 1 aromatic rings. The Morgan fingerprint density at radius 2 is 2.10 bits per heavy atom. The van der Waals surface area contributed by atoms with Gasteiger partial charge in [0.2, 0.25) is 0 Å². The summed E-state index contributed by atoms with van der Waals surface area (Å²) in [7, 11) is 0. The van der Waals surface area contributed by atoms with Crippen LogP contribution in [0.1, 0.15) is 49.1 Å². The van der Waals surface area contributed by atoms with Gasteiger partial charge in [0.15, 0.2) is 0 Å². The highest BCUT2D eigenvalue weighted by atomic mass is 16.2. The molecule has 1 atom stereocenters. The summed E-state index contributed by atoms with van der Waals surface area (Å²) in [4.78, 5) is 31.4. The van der Waals surface area contributed by atoms with Crippen LogP contribution in [-0.4, -0.2) is 35.0 Å². The van der Waals surface area contributed by atoms with Crippen molar-refractivity contribution in [1.82, 2.24) is 20.6 Å². The number of nitrogens with zero attached hydrogens (tertiary/aromatic N) is 1. The molecule has 1 unspecified atom stereocenters. The van der Waals surface area contributed by atoms with Gasteiger partial charge in [-0.2, -0.15) is 0 Å². The molecule has 110 valence electrons. The Balaban J connectivity index is 2.28. The number of rotatable bonds is 2. The molecule has 1 saturated heterocycles. The number of H-pyrrole nitrogens is 1. The van der Waals surface area contributed by atoms with Gasteiger partial charge in [-0.3, -0.25) is 9.59 Å². The molecule has 0 radical (unpaired) electrons. The van der Waals surface area contributed by atoms with Crippen LogP contribution in [0.5, 0.6) is 0 Å². The SMILES string of the molecule is Cc1nc(C(C)(C)C)[nH]c(=O)c1C(=O)NC1CCNC1. The van der Waals surface area contributed by atoms with Crippen molar-refractivity contribution < 1.29 is 4.79 Å². The van der Waals surface area contributed by atoms with Crippen molar-refractivity contribution in [2.45, 2.75) is 45.6 Å². The highest BCUT2D eigenvalue weighted by Crippen LogP contribution is 2.17. The van der Waals surface area contributed by atoms with Crippen molar-refractivity contribution in [1.29, 1.82) is 0 Å². The van der Waals surface area contributed by atoms with Crippen molar-refractivity contribution in [3.8, 4) is 0 Å². The maximum atomic E-state index is 12.2. The summed E-state index contributed by atoms with van der Waals surface area (Å²) in [6.07, 6.45) is 0.885. The van der Waals surface area contributed by atoms with Crippen LogP contribution in [-0.2, 0) is 5.41 Å². The van der Waals surface area contributed by atoms with Gasteiger partial charge in [0, 0.05) is 18.0 Å². The quantitative estimate of drug-likeness (QED) is 0.734. The molecular weight excluding hydrogens is 256 g/mol. The number of nitrogens with one attached hydrogen (secondary N) is 3. The molecule has 1 aliphatic heterocycles. The van der Waals surface area contributed by atoms with Gasteiger partial charge >= 0.3 is 0 Å². The van der Waals surface area contributed by atoms with E-state index in [2.05, 4.69) is 20.6 Å². The van der Waals surface area contributed by atoms with E-state index in [1.807, 2.05) is 20.8 Å². The Morgan fingerprint density at radius 1 is 1.40 bits per heavy atom. The van der Waals surface area contributed by atoms with Gasteiger partial charge in [0.1, 0.15) is 11.4 Å². The lowest BCUT2D eigenvalue weighted by atomic mass is 9.95. The fourth-order valence-corrected chi connectivity index (χ4v) is 2.24. The summed E-state index contributed by atoms with van der Waals surface area (Å²) >= 11 is 0. The standard InChI is InChI=1S/C14H22N4O2/c1-8-10(11(19)17-9-5-6-15-7-9)12(20)18-13(16-8)14(2,3)4/h9,15H,5-7H2,1-4H3,(H,17,19)(H,16,18,20). The van der Waals surface area contributed by atoms with E-state index in [-0.39, 0.29) is 28.5 Å². The molecular formula is C14H22N4O2. The summed E-state index contributed by atoms with van der Waals surface area (Å²) in [5.74, 6) is 0.254. The first kappa shape index (κ1) is 14.7. The molecule has 1 aromatic heterocycles. The van der Waals surface area contributed by atoms with Gasteiger partial charge in [-0.05, 0) is 19.9 Å².